The number of likely N-dealkylation sites (tertiary alicyclic amines) is 1. The van der Waals surface area contributed by atoms with Gasteiger partial charge in [-0.1, -0.05) is 6.92 Å². The Morgan fingerprint density at radius 3 is 3.06 bits per heavy atom. The highest BCUT2D eigenvalue weighted by molar-refractivity contribution is 7.84. The Morgan fingerprint density at radius 2 is 2.39 bits per heavy atom. The Labute approximate surface area is 109 Å². The molecule has 0 bridgehead atoms. The summed E-state index contributed by atoms with van der Waals surface area (Å²) in [7, 11) is -1.22. The zero-order valence-electron chi connectivity index (χ0n) is 10.7. The van der Waals surface area contributed by atoms with Crippen molar-refractivity contribution in [3.63, 3.8) is 0 Å². The second kappa shape index (κ2) is 5.60. The third-order valence-corrected chi connectivity index (χ3v) is 3.98. The molecule has 1 fully saturated rings. The van der Waals surface area contributed by atoms with Gasteiger partial charge in [-0.3, -0.25) is 13.6 Å². The summed E-state index contributed by atoms with van der Waals surface area (Å²) in [5.41, 5.74) is 0. The van der Waals surface area contributed by atoms with Crippen molar-refractivity contribution in [2.45, 2.75) is 31.5 Å². The summed E-state index contributed by atoms with van der Waals surface area (Å²) in [6, 6.07) is 0. The van der Waals surface area contributed by atoms with E-state index in [1.165, 1.54) is 19.0 Å². The number of aromatic nitrogens is 3. The molecular formula is C11H18N4O2S. The number of rotatable bonds is 3. The summed E-state index contributed by atoms with van der Waals surface area (Å²) in [5.74, 6) is 0.608. The number of hydrogen-bond donors (Lipinski definition) is 0. The molecule has 0 radical (unpaired) electrons. The molecule has 6 nitrogen and oxygen atoms in total. The van der Waals surface area contributed by atoms with Crippen molar-refractivity contribution in [2.75, 3.05) is 19.3 Å². The standard InChI is InChI=1S/C11H18N4O2S/c1-9-4-3-5-14(6-9)10(16)7-15-8-12-13-11(15)18(2)17/h8-9H,3-7H2,1-2H3/t9-,18+/m0/s1. The van der Waals surface area contributed by atoms with Crippen molar-refractivity contribution in [2.24, 2.45) is 5.92 Å². The molecule has 1 aromatic heterocycles. The summed E-state index contributed by atoms with van der Waals surface area (Å²) in [4.78, 5) is 14.0. The van der Waals surface area contributed by atoms with E-state index in [2.05, 4.69) is 17.1 Å². The Morgan fingerprint density at radius 1 is 1.61 bits per heavy atom. The van der Waals surface area contributed by atoms with Crippen molar-refractivity contribution in [1.29, 1.82) is 0 Å². The van der Waals surface area contributed by atoms with E-state index in [0.717, 1.165) is 19.5 Å². The molecule has 7 heteroatoms. The first-order valence-electron chi connectivity index (χ1n) is 6.07. The van der Waals surface area contributed by atoms with Crippen molar-refractivity contribution in [3.8, 4) is 0 Å². The van der Waals surface area contributed by atoms with Crippen LogP contribution in [0.25, 0.3) is 0 Å². The molecule has 2 heterocycles. The van der Waals surface area contributed by atoms with E-state index in [1.807, 2.05) is 4.90 Å². The normalized spacial score (nSPS) is 21.9. The number of hydrogen-bond acceptors (Lipinski definition) is 4. The van der Waals surface area contributed by atoms with Gasteiger partial charge in [0.05, 0.1) is 10.8 Å². The molecule has 1 aromatic rings. The van der Waals surface area contributed by atoms with E-state index in [9.17, 15) is 9.00 Å². The number of carbonyl (C=O) groups excluding carboxylic acids is 1. The molecule has 0 aliphatic carbocycles. The first-order valence-corrected chi connectivity index (χ1v) is 7.62. The SMILES string of the molecule is C[C@H]1CCCN(C(=O)Cn2cnnc2[S@@](C)=O)C1. The molecule has 0 saturated carbocycles. The Bertz CT molecular complexity index is 460. The minimum Gasteiger partial charge on any atom is -0.341 e. The van der Waals surface area contributed by atoms with Crippen LogP contribution in [0.4, 0.5) is 0 Å². The smallest absolute Gasteiger partial charge is 0.242 e. The van der Waals surface area contributed by atoms with Crippen molar-refractivity contribution in [3.05, 3.63) is 6.33 Å². The second-order valence-corrected chi connectivity index (χ2v) is 6.06. The van der Waals surface area contributed by atoms with E-state index in [-0.39, 0.29) is 12.5 Å². The molecule has 1 saturated heterocycles. The van der Waals surface area contributed by atoms with Crippen LogP contribution in [0.3, 0.4) is 0 Å². The highest BCUT2D eigenvalue weighted by atomic mass is 32.2. The lowest BCUT2D eigenvalue weighted by atomic mass is 10.0. The average molecular weight is 270 g/mol. The van der Waals surface area contributed by atoms with Gasteiger partial charge in [0.2, 0.25) is 11.1 Å². The van der Waals surface area contributed by atoms with E-state index >= 15 is 0 Å². The van der Waals surface area contributed by atoms with Crippen LogP contribution >= 0.6 is 0 Å². The van der Waals surface area contributed by atoms with Crippen molar-refractivity contribution < 1.29 is 9.00 Å². The monoisotopic (exact) mass is 270 g/mol. The zero-order chi connectivity index (χ0) is 13.1. The lowest BCUT2D eigenvalue weighted by Crippen LogP contribution is -2.40. The minimum absolute atomic E-state index is 0.0491. The lowest BCUT2D eigenvalue weighted by molar-refractivity contribution is -0.133. The summed E-state index contributed by atoms with van der Waals surface area (Å²) >= 11 is 0. The van der Waals surface area contributed by atoms with Gasteiger partial charge in [0.15, 0.2) is 0 Å². The number of nitrogens with zero attached hydrogens (tertiary/aromatic N) is 4. The lowest BCUT2D eigenvalue weighted by Gasteiger charge is -2.31. The fourth-order valence-electron chi connectivity index (χ4n) is 2.24. The Balaban J connectivity index is 2.02. The Hall–Kier alpha value is -1.24. The molecule has 18 heavy (non-hydrogen) atoms. The van der Waals surface area contributed by atoms with E-state index < -0.39 is 10.8 Å². The van der Waals surface area contributed by atoms with Crippen LogP contribution in [-0.4, -0.2) is 49.1 Å². The van der Waals surface area contributed by atoms with Crippen LogP contribution in [0.5, 0.6) is 0 Å². The molecule has 0 aromatic carbocycles. The summed E-state index contributed by atoms with van der Waals surface area (Å²) < 4.78 is 13.0. The van der Waals surface area contributed by atoms with Crippen LogP contribution in [0, 0.1) is 5.92 Å². The molecule has 1 aliphatic rings. The van der Waals surface area contributed by atoms with Gasteiger partial charge >= 0.3 is 0 Å². The summed E-state index contributed by atoms with van der Waals surface area (Å²) in [5, 5.41) is 7.83. The molecule has 0 N–H and O–H groups in total. The van der Waals surface area contributed by atoms with Gasteiger partial charge in [0.25, 0.3) is 0 Å². The van der Waals surface area contributed by atoms with Gasteiger partial charge in [0.1, 0.15) is 12.9 Å². The average Bonchev–Trinajstić information content (AvgIpc) is 2.77. The van der Waals surface area contributed by atoms with Crippen LogP contribution in [0.15, 0.2) is 11.5 Å². The maximum atomic E-state index is 12.1. The number of piperidine rings is 1. The van der Waals surface area contributed by atoms with E-state index in [1.54, 1.807) is 4.57 Å². The molecule has 1 aliphatic heterocycles. The number of carbonyl (C=O) groups is 1. The third-order valence-electron chi connectivity index (χ3n) is 3.15. The maximum absolute atomic E-state index is 12.1. The quantitative estimate of drug-likeness (QED) is 0.791. The van der Waals surface area contributed by atoms with E-state index in [4.69, 9.17) is 0 Å². The highest BCUT2D eigenvalue weighted by Gasteiger charge is 2.22. The van der Waals surface area contributed by atoms with Crippen LogP contribution in [-0.2, 0) is 22.1 Å². The predicted molar refractivity (Wildman–Crippen MR) is 67.3 cm³/mol. The van der Waals surface area contributed by atoms with Gasteiger partial charge in [-0.2, -0.15) is 0 Å². The van der Waals surface area contributed by atoms with Gasteiger partial charge in [-0.15, -0.1) is 10.2 Å². The van der Waals surface area contributed by atoms with Crippen LogP contribution in [0.2, 0.25) is 0 Å². The second-order valence-electron chi connectivity index (χ2n) is 4.78. The minimum atomic E-state index is -1.22. The van der Waals surface area contributed by atoms with Crippen molar-refractivity contribution >= 4 is 16.7 Å². The molecular weight excluding hydrogens is 252 g/mol. The van der Waals surface area contributed by atoms with Crippen LogP contribution < -0.4 is 0 Å². The largest absolute Gasteiger partial charge is 0.341 e. The number of amides is 1. The fraction of sp³-hybridized carbons (Fsp3) is 0.727. The molecule has 0 unspecified atom stereocenters. The third kappa shape index (κ3) is 2.95. The van der Waals surface area contributed by atoms with Gasteiger partial charge in [-0.05, 0) is 18.8 Å². The van der Waals surface area contributed by atoms with Crippen molar-refractivity contribution in [1.82, 2.24) is 19.7 Å². The predicted octanol–water partition coefficient (Wildman–Crippen LogP) is 0.274. The van der Waals surface area contributed by atoms with Gasteiger partial charge in [0, 0.05) is 19.3 Å². The first-order chi connectivity index (χ1) is 8.58. The Kier molecular flexibility index (Phi) is 4.11. The topological polar surface area (TPSA) is 68.1 Å². The molecule has 100 valence electrons. The highest BCUT2D eigenvalue weighted by Crippen LogP contribution is 2.16. The molecule has 0 spiro atoms. The van der Waals surface area contributed by atoms with Crippen LogP contribution in [0.1, 0.15) is 19.8 Å². The summed E-state index contributed by atoms with van der Waals surface area (Å²) in [6.07, 6.45) is 5.23. The fourth-order valence-corrected chi connectivity index (χ4v) is 2.84. The molecule has 1 amide bonds. The van der Waals surface area contributed by atoms with E-state index in [0.29, 0.717) is 11.1 Å². The molecule has 2 rings (SSSR count). The molecule has 2 atom stereocenters. The van der Waals surface area contributed by atoms with Gasteiger partial charge < -0.3 is 4.90 Å². The summed E-state index contributed by atoms with van der Waals surface area (Å²) in [6.45, 7) is 3.96. The maximum Gasteiger partial charge on any atom is 0.242 e. The van der Waals surface area contributed by atoms with Gasteiger partial charge in [-0.25, -0.2) is 0 Å². The zero-order valence-corrected chi connectivity index (χ0v) is 11.5. The first kappa shape index (κ1) is 13.2.